The fraction of sp³-hybridized carbons (Fsp3) is 0.333. The van der Waals surface area contributed by atoms with E-state index in [0.29, 0.717) is 5.69 Å². The summed E-state index contributed by atoms with van der Waals surface area (Å²) in [5.74, 6) is -0.215. The second-order valence-corrected chi connectivity index (χ2v) is 4.84. The molecule has 2 rings (SSSR count). The number of aromatic carboxylic acids is 1. The lowest BCUT2D eigenvalue weighted by molar-refractivity contribution is 0.0657. The predicted molar refractivity (Wildman–Crippen MR) is 73.2 cm³/mol. The molecular weight excluding hydrogens is 258 g/mol. The number of aryl methyl sites for hydroxylation is 4. The first-order chi connectivity index (χ1) is 9.38. The van der Waals surface area contributed by atoms with Crippen molar-refractivity contribution in [2.75, 3.05) is 0 Å². The Labute approximate surface area is 117 Å². The van der Waals surface area contributed by atoms with E-state index >= 15 is 0 Å². The molecule has 0 saturated heterocycles. The molecule has 5 heteroatoms. The fourth-order valence-corrected chi connectivity index (χ4v) is 2.24. The van der Waals surface area contributed by atoms with Crippen LogP contribution in [-0.2, 0) is 6.61 Å². The lowest BCUT2D eigenvalue weighted by atomic mass is 10.1. The highest BCUT2D eigenvalue weighted by Crippen LogP contribution is 2.25. The number of carboxylic acid groups (broad SMARTS) is 1. The minimum absolute atomic E-state index is 0.110. The van der Waals surface area contributed by atoms with E-state index in [2.05, 4.69) is 4.98 Å². The molecule has 20 heavy (non-hydrogen) atoms. The van der Waals surface area contributed by atoms with Gasteiger partial charge in [0.05, 0.1) is 5.69 Å². The van der Waals surface area contributed by atoms with E-state index in [1.807, 2.05) is 32.9 Å². The van der Waals surface area contributed by atoms with Gasteiger partial charge in [-0.05, 0) is 38.8 Å². The Balaban J connectivity index is 2.17. The third kappa shape index (κ3) is 2.82. The number of oxazole rings is 1. The molecule has 106 valence electrons. The van der Waals surface area contributed by atoms with Gasteiger partial charge in [-0.25, -0.2) is 9.78 Å². The van der Waals surface area contributed by atoms with Crippen LogP contribution in [0, 0.1) is 27.7 Å². The summed E-state index contributed by atoms with van der Waals surface area (Å²) in [6, 6.07) is 4.07. The first-order valence-corrected chi connectivity index (χ1v) is 6.28. The van der Waals surface area contributed by atoms with Gasteiger partial charge < -0.3 is 14.3 Å². The summed E-state index contributed by atoms with van der Waals surface area (Å²) in [7, 11) is 0. The highest BCUT2D eigenvalue weighted by atomic mass is 16.5. The highest BCUT2D eigenvalue weighted by molar-refractivity contribution is 5.85. The topological polar surface area (TPSA) is 72.6 Å². The second-order valence-electron chi connectivity index (χ2n) is 4.84. The maximum absolute atomic E-state index is 10.9. The van der Waals surface area contributed by atoms with Crippen molar-refractivity contribution in [3.05, 3.63) is 46.2 Å². The van der Waals surface area contributed by atoms with Gasteiger partial charge in [-0.3, -0.25) is 0 Å². The monoisotopic (exact) mass is 275 g/mol. The number of hydrogen-bond acceptors (Lipinski definition) is 4. The molecule has 0 atom stereocenters. The van der Waals surface area contributed by atoms with Gasteiger partial charge in [0, 0.05) is 0 Å². The zero-order valence-electron chi connectivity index (χ0n) is 12.0. The number of aromatic nitrogens is 1. The summed E-state index contributed by atoms with van der Waals surface area (Å²) < 4.78 is 10.9. The third-order valence-corrected chi connectivity index (χ3v) is 2.98. The van der Waals surface area contributed by atoms with Gasteiger partial charge in [-0.2, -0.15) is 0 Å². The van der Waals surface area contributed by atoms with Gasteiger partial charge in [0.2, 0.25) is 11.7 Å². The molecule has 0 unspecified atom stereocenters. The van der Waals surface area contributed by atoms with E-state index in [1.165, 1.54) is 5.56 Å². The summed E-state index contributed by atoms with van der Waals surface area (Å²) in [6.45, 7) is 7.68. The summed E-state index contributed by atoms with van der Waals surface area (Å²) in [6.07, 6.45) is 0. The van der Waals surface area contributed by atoms with Crippen LogP contribution in [0.1, 0.15) is 38.8 Å². The summed E-state index contributed by atoms with van der Waals surface area (Å²) in [5.41, 5.74) is 3.59. The number of ether oxygens (including phenoxy) is 1. The van der Waals surface area contributed by atoms with E-state index < -0.39 is 5.97 Å². The van der Waals surface area contributed by atoms with Crippen LogP contribution in [0.4, 0.5) is 0 Å². The Morgan fingerprint density at radius 3 is 2.35 bits per heavy atom. The Hall–Kier alpha value is -2.30. The summed E-state index contributed by atoms with van der Waals surface area (Å²) in [4.78, 5) is 14.9. The average Bonchev–Trinajstić information content (AvgIpc) is 2.69. The van der Waals surface area contributed by atoms with Gasteiger partial charge in [-0.1, -0.05) is 17.7 Å². The molecule has 0 bridgehead atoms. The highest BCUT2D eigenvalue weighted by Gasteiger charge is 2.16. The van der Waals surface area contributed by atoms with Crippen LogP contribution in [-0.4, -0.2) is 16.1 Å². The first-order valence-electron chi connectivity index (χ1n) is 6.28. The zero-order chi connectivity index (χ0) is 14.9. The predicted octanol–water partition coefficient (Wildman–Crippen LogP) is 3.19. The number of benzene rings is 1. The lowest BCUT2D eigenvalue weighted by Gasteiger charge is -2.11. The van der Waals surface area contributed by atoms with Crippen molar-refractivity contribution in [2.45, 2.75) is 34.3 Å². The van der Waals surface area contributed by atoms with Crippen molar-refractivity contribution in [1.29, 1.82) is 0 Å². The van der Waals surface area contributed by atoms with Crippen LogP contribution in [0.2, 0.25) is 0 Å². The summed E-state index contributed by atoms with van der Waals surface area (Å²) >= 11 is 0. The van der Waals surface area contributed by atoms with E-state index in [-0.39, 0.29) is 18.3 Å². The smallest absolute Gasteiger partial charge is 0.373 e. The van der Waals surface area contributed by atoms with Gasteiger partial charge >= 0.3 is 5.97 Å². The molecule has 0 aliphatic carbocycles. The van der Waals surface area contributed by atoms with Crippen LogP contribution in [0.25, 0.3) is 0 Å². The fourth-order valence-electron chi connectivity index (χ4n) is 2.24. The number of nitrogens with zero attached hydrogens (tertiary/aromatic N) is 1. The Morgan fingerprint density at radius 2 is 1.85 bits per heavy atom. The standard InChI is InChI=1S/C15H17NO4/c1-8-5-9(2)13(10(3)6-8)19-7-12-16-11(4)14(20-12)15(17)18/h5-6H,7H2,1-4H3,(H,17,18). The van der Waals surface area contributed by atoms with Crippen LogP contribution in [0.3, 0.4) is 0 Å². The van der Waals surface area contributed by atoms with Gasteiger partial charge in [0.25, 0.3) is 0 Å². The molecule has 5 nitrogen and oxygen atoms in total. The molecule has 2 aromatic rings. The van der Waals surface area contributed by atoms with Gasteiger partial charge in [-0.15, -0.1) is 0 Å². The molecule has 0 spiro atoms. The van der Waals surface area contributed by atoms with Crippen LogP contribution in [0.5, 0.6) is 5.75 Å². The molecule has 0 aliphatic heterocycles. The second kappa shape index (κ2) is 5.36. The largest absolute Gasteiger partial charge is 0.483 e. The number of carboxylic acids is 1. The van der Waals surface area contributed by atoms with Gasteiger partial charge in [0.15, 0.2) is 6.61 Å². The quantitative estimate of drug-likeness (QED) is 0.927. The first kappa shape index (κ1) is 14.1. The molecule has 0 radical (unpaired) electrons. The minimum Gasteiger partial charge on any atom is -0.483 e. The van der Waals surface area contributed by atoms with Crippen LogP contribution >= 0.6 is 0 Å². The lowest BCUT2D eigenvalue weighted by Crippen LogP contribution is -2.00. The van der Waals surface area contributed by atoms with Crippen molar-refractivity contribution in [1.82, 2.24) is 4.98 Å². The molecule has 0 saturated carbocycles. The Morgan fingerprint density at radius 1 is 1.25 bits per heavy atom. The van der Waals surface area contributed by atoms with E-state index in [0.717, 1.165) is 16.9 Å². The van der Waals surface area contributed by atoms with E-state index in [9.17, 15) is 4.79 Å². The summed E-state index contributed by atoms with van der Waals surface area (Å²) in [5, 5.41) is 8.91. The van der Waals surface area contributed by atoms with Gasteiger partial charge in [0.1, 0.15) is 5.75 Å². The van der Waals surface area contributed by atoms with Crippen molar-refractivity contribution >= 4 is 5.97 Å². The minimum atomic E-state index is -1.12. The molecule has 1 N–H and O–H groups in total. The van der Waals surface area contributed by atoms with E-state index in [1.54, 1.807) is 6.92 Å². The number of carbonyl (C=O) groups is 1. The SMILES string of the molecule is Cc1cc(C)c(OCc2nc(C)c(C(=O)O)o2)c(C)c1. The van der Waals surface area contributed by atoms with Crippen LogP contribution in [0.15, 0.2) is 16.5 Å². The molecule has 0 amide bonds. The van der Waals surface area contributed by atoms with Crippen molar-refractivity contribution < 1.29 is 19.1 Å². The Kier molecular flexibility index (Phi) is 3.79. The average molecular weight is 275 g/mol. The molecule has 1 heterocycles. The Bertz CT molecular complexity index is 635. The zero-order valence-corrected chi connectivity index (χ0v) is 12.0. The number of rotatable bonds is 4. The van der Waals surface area contributed by atoms with Crippen LogP contribution < -0.4 is 4.74 Å². The maximum Gasteiger partial charge on any atom is 0.373 e. The van der Waals surface area contributed by atoms with Crippen molar-refractivity contribution in [3.8, 4) is 5.75 Å². The molecule has 0 aliphatic rings. The van der Waals surface area contributed by atoms with Crippen molar-refractivity contribution in [3.63, 3.8) is 0 Å². The maximum atomic E-state index is 10.9. The normalized spacial score (nSPS) is 10.6. The third-order valence-electron chi connectivity index (χ3n) is 2.98. The molecule has 1 aromatic carbocycles. The molecule has 0 fully saturated rings. The molecule has 1 aromatic heterocycles. The number of hydrogen-bond donors (Lipinski definition) is 1. The molecular formula is C15H17NO4. The van der Waals surface area contributed by atoms with Crippen molar-refractivity contribution in [2.24, 2.45) is 0 Å². The van der Waals surface area contributed by atoms with E-state index in [4.69, 9.17) is 14.3 Å².